The van der Waals surface area contributed by atoms with E-state index in [1.165, 1.54) is 38.5 Å². The van der Waals surface area contributed by atoms with Gasteiger partial charge in [-0.3, -0.25) is 9.59 Å². The number of phenolic OH excluding ortho intramolecular Hbond substituents is 1. The van der Waals surface area contributed by atoms with Crippen LogP contribution in [-0.2, 0) is 9.59 Å². The first-order valence-corrected chi connectivity index (χ1v) is 7.95. The van der Waals surface area contributed by atoms with Gasteiger partial charge in [-0.2, -0.15) is 0 Å². The van der Waals surface area contributed by atoms with E-state index in [2.05, 4.69) is 0 Å². The first-order valence-electron chi connectivity index (χ1n) is 7.95. The quantitative estimate of drug-likeness (QED) is 0.580. The third kappa shape index (κ3) is 5.34. The van der Waals surface area contributed by atoms with Gasteiger partial charge >= 0.3 is 0 Å². The van der Waals surface area contributed by atoms with Crippen LogP contribution < -0.4 is 9.47 Å². The van der Waals surface area contributed by atoms with Crippen LogP contribution in [0.5, 0.6) is 17.2 Å². The fraction of sp³-hybridized carbons (Fsp3) is 0.143. The van der Waals surface area contributed by atoms with E-state index in [0.717, 1.165) is 5.56 Å². The number of allylic oxidation sites excluding steroid dienone is 2. The second-order valence-electron chi connectivity index (χ2n) is 5.45. The minimum Gasteiger partial charge on any atom is -0.508 e. The Bertz CT molecular complexity index is 832. The van der Waals surface area contributed by atoms with Gasteiger partial charge in [0.1, 0.15) is 5.75 Å². The number of phenols is 1. The third-order valence-corrected chi connectivity index (χ3v) is 3.59. The zero-order valence-electron chi connectivity index (χ0n) is 14.6. The number of ketones is 2. The van der Waals surface area contributed by atoms with Crippen LogP contribution in [0.1, 0.15) is 17.5 Å². The lowest BCUT2D eigenvalue weighted by Gasteiger charge is -2.09. The van der Waals surface area contributed by atoms with E-state index in [0.29, 0.717) is 17.1 Å². The average Bonchev–Trinajstić information content (AvgIpc) is 2.65. The maximum atomic E-state index is 12.0. The molecule has 134 valence electrons. The van der Waals surface area contributed by atoms with Gasteiger partial charge < -0.3 is 14.6 Å². The van der Waals surface area contributed by atoms with E-state index in [1.54, 1.807) is 42.5 Å². The molecule has 0 saturated heterocycles. The Morgan fingerprint density at radius 1 is 0.923 bits per heavy atom. The van der Waals surface area contributed by atoms with Gasteiger partial charge in [0.25, 0.3) is 0 Å². The molecular formula is C21H20O5. The number of hydrogen-bond acceptors (Lipinski definition) is 5. The van der Waals surface area contributed by atoms with Crippen molar-refractivity contribution in [3.63, 3.8) is 0 Å². The van der Waals surface area contributed by atoms with Gasteiger partial charge in [-0.05, 0) is 42.0 Å². The molecule has 0 radical (unpaired) electrons. The summed E-state index contributed by atoms with van der Waals surface area (Å²) >= 11 is 0. The van der Waals surface area contributed by atoms with Crippen molar-refractivity contribution in [1.29, 1.82) is 0 Å². The summed E-state index contributed by atoms with van der Waals surface area (Å²) in [7, 11) is 3.06. The highest BCUT2D eigenvalue weighted by atomic mass is 16.5. The van der Waals surface area contributed by atoms with Crippen LogP contribution in [0.15, 0.2) is 54.6 Å². The minimum absolute atomic E-state index is 0.154. The molecule has 0 atom stereocenters. The number of para-hydroxylation sites is 1. The Morgan fingerprint density at radius 3 is 2.19 bits per heavy atom. The van der Waals surface area contributed by atoms with E-state index < -0.39 is 0 Å². The summed E-state index contributed by atoms with van der Waals surface area (Å²) in [6.45, 7) is 0. The van der Waals surface area contributed by atoms with Gasteiger partial charge in [-0.15, -0.1) is 0 Å². The Kier molecular flexibility index (Phi) is 6.74. The summed E-state index contributed by atoms with van der Waals surface area (Å²) in [5, 5.41) is 9.22. The van der Waals surface area contributed by atoms with Gasteiger partial charge in [0.15, 0.2) is 23.1 Å². The number of carbonyl (C=O) groups is 2. The highest BCUT2D eigenvalue weighted by Gasteiger charge is 2.08. The molecule has 2 rings (SSSR count). The maximum Gasteiger partial charge on any atom is 0.167 e. The fourth-order valence-electron chi connectivity index (χ4n) is 2.29. The van der Waals surface area contributed by atoms with Crippen LogP contribution >= 0.6 is 0 Å². The standard InChI is InChI=1S/C21H20O5/c1-25-20-5-3-4-16(21(20)26-2)9-13-19(24)14-18(23)12-8-15-6-10-17(22)11-7-15/h3-13,22H,14H2,1-2H3/b12-8+,13-9+. The Morgan fingerprint density at radius 2 is 1.58 bits per heavy atom. The number of rotatable bonds is 8. The lowest BCUT2D eigenvalue weighted by atomic mass is 10.1. The van der Waals surface area contributed by atoms with Crippen molar-refractivity contribution in [3.8, 4) is 17.2 Å². The van der Waals surface area contributed by atoms with Crippen molar-refractivity contribution < 1.29 is 24.2 Å². The molecule has 0 spiro atoms. The molecule has 5 heteroatoms. The highest BCUT2D eigenvalue weighted by molar-refractivity contribution is 6.11. The monoisotopic (exact) mass is 352 g/mol. The average molecular weight is 352 g/mol. The van der Waals surface area contributed by atoms with Gasteiger partial charge in [0.2, 0.25) is 0 Å². The molecule has 0 unspecified atom stereocenters. The molecule has 5 nitrogen and oxygen atoms in total. The molecule has 0 aliphatic rings. The van der Waals surface area contributed by atoms with Gasteiger partial charge in [0.05, 0.1) is 20.6 Å². The number of ether oxygens (including phenoxy) is 2. The number of methoxy groups -OCH3 is 2. The highest BCUT2D eigenvalue weighted by Crippen LogP contribution is 2.31. The predicted molar refractivity (Wildman–Crippen MR) is 100 cm³/mol. The topological polar surface area (TPSA) is 72.8 Å². The van der Waals surface area contributed by atoms with Crippen molar-refractivity contribution in [2.75, 3.05) is 14.2 Å². The molecule has 0 heterocycles. The molecule has 26 heavy (non-hydrogen) atoms. The predicted octanol–water partition coefficient (Wildman–Crippen LogP) is 3.66. The molecule has 0 bridgehead atoms. The van der Waals surface area contributed by atoms with Gasteiger partial charge in [-0.1, -0.05) is 30.3 Å². The van der Waals surface area contributed by atoms with Crippen molar-refractivity contribution in [1.82, 2.24) is 0 Å². The molecule has 0 saturated carbocycles. The zero-order chi connectivity index (χ0) is 18.9. The first kappa shape index (κ1) is 19.0. The van der Waals surface area contributed by atoms with E-state index in [9.17, 15) is 14.7 Å². The van der Waals surface area contributed by atoms with Crippen molar-refractivity contribution in [3.05, 3.63) is 65.7 Å². The molecule has 0 fully saturated rings. The number of hydrogen-bond donors (Lipinski definition) is 1. The van der Waals surface area contributed by atoms with Crippen LogP contribution in [0.2, 0.25) is 0 Å². The molecule has 2 aromatic rings. The lowest BCUT2D eigenvalue weighted by Crippen LogP contribution is -2.02. The van der Waals surface area contributed by atoms with Gasteiger partial charge in [-0.25, -0.2) is 0 Å². The molecule has 0 aliphatic heterocycles. The summed E-state index contributed by atoms with van der Waals surface area (Å²) in [4.78, 5) is 23.9. The second-order valence-corrected chi connectivity index (χ2v) is 5.45. The summed E-state index contributed by atoms with van der Waals surface area (Å²) < 4.78 is 10.5. The van der Waals surface area contributed by atoms with E-state index >= 15 is 0 Å². The summed E-state index contributed by atoms with van der Waals surface area (Å²) in [5.74, 6) is 0.634. The summed E-state index contributed by atoms with van der Waals surface area (Å²) in [5.41, 5.74) is 1.45. The van der Waals surface area contributed by atoms with Crippen LogP contribution in [0.3, 0.4) is 0 Å². The Labute approximate surface area is 152 Å². The van der Waals surface area contributed by atoms with Crippen LogP contribution in [-0.4, -0.2) is 30.9 Å². The van der Waals surface area contributed by atoms with Crippen LogP contribution in [0, 0.1) is 0 Å². The number of carbonyl (C=O) groups excluding carboxylic acids is 2. The summed E-state index contributed by atoms with van der Waals surface area (Å²) in [6, 6.07) is 11.7. The van der Waals surface area contributed by atoms with E-state index in [4.69, 9.17) is 9.47 Å². The Balaban J connectivity index is 1.99. The van der Waals surface area contributed by atoms with Gasteiger partial charge in [0, 0.05) is 5.56 Å². The number of aromatic hydroxyl groups is 1. The third-order valence-electron chi connectivity index (χ3n) is 3.59. The van der Waals surface area contributed by atoms with Crippen LogP contribution in [0.4, 0.5) is 0 Å². The Hall–Kier alpha value is -3.34. The van der Waals surface area contributed by atoms with E-state index in [1.807, 2.05) is 0 Å². The number of benzene rings is 2. The molecular weight excluding hydrogens is 332 g/mol. The molecule has 1 N–H and O–H groups in total. The SMILES string of the molecule is COc1cccc(/C=C/C(=O)CC(=O)/C=C/c2ccc(O)cc2)c1OC. The fourth-order valence-corrected chi connectivity index (χ4v) is 2.29. The van der Waals surface area contributed by atoms with Crippen LogP contribution in [0.25, 0.3) is 12.2 Å². The summed E-state index contributed by atoms with van der Waals surface area (Å²) in [6.07, 6.45) is 5.68. The minimum atomic E-state index is -0.310. The smallest absolute Gasteiger partial charge is 0.167 e. The lowest BCUT2D eigenvalue weighted by molar-refractivity contribution is -0.121. The van der Waals surface area contributed by atoms with Crippen molar-refractivity contribution >= 4 is 23.7 Å². The molecule has 0 aliphatic carbocycles. The largest absolute Gasteiger partial charge is 0.508 e. The van der Waals surface area contributed by atoms with Crippen molar-refractivity contribution in [2.45, 2.75) is 6.42 Å². The first-order chi connectivity index (χ1) is 12.5. The normalized spacial score (nSPS) is 11.0. The molecule has 0 aromatic heterocycles. The molecule has 0 amide bonds. The second kappa shape index (κ2) is 9.22. The zero-order valence-corrected chi connectivity index (χ0v) is 14.6. The maximum absolute atomic E-state index is 12.0. The van der Waals surface area contributed by atoms with E-state index in [-0.39, 0.29) is 23.7 Å². The molecule has 2 aromatic carbocycles. The van der Waals surface area contributed by atoms with Crippen molar-refractivity contribution in [2.24, 2.45) is 0 Å².